The van der Waals surface area contributed by atoms with Crippen molar-refractivity contribution in [2.45, 2.75) is 6.42 Å². The van der Waals surface area contributed by atoms with Gasteiger partial charge in [0.15, 0.2) is 11.5 Å². The molecule has 0 aromatic heterocycles. The quantitative estimate of drug-likeness (QED) is 0.193. The number of phenols is 2. The van der Waals surface area contributed by atoms with Crippen LogP contribution >= 0.6 is 0 Å². The second-order valence-electron chi connectivity index (χ2n) is 3.66. The van der Waals surface area contributed by atoms with Gasteiger partial charge in [-0.25, -0.2) is 4.79 Å². The van der Waals surface area contributed by atoms with Crippen molar-refractivity contribution in [3.63, 3.8) is 0 Å². The third kappa shape index (κ3) is 5.71. The van der Waals surface area contributed by atoms with Crippen LogP contribution in [-0.4, -0.2) is 34.5 Å². The highest BCUT2D eigenvalue weighted by Crippen LogP contribution is 2.25. The number of nitrogens with zero attached hydrogens (tertiary/aromatic N) is 1. The molecule has 0 spiro atoms. The first kappa shape index (κ1) is 15.3. The molecule has 1 aromatic rings. The van der Waals surface area contributed by atoms with Gasteiger partial charge in [0.25, 0.3) is 5.09 Å². The number of hydrogen-bond donors (Lipinski definition) is 2. The van der Waals surface area contributed by atoms with E-state index in [2.05, 4.69) is 4.84 Å². The van der Waals surface area contributed by atoms with Gasteiger partial charge in [-0.3, -0.25) is 0 Å². The van der Waals surface area contributed by atoms with E-state index in [0.717, 1.165) is 6.08 Å². The monoisotopic (exact) mass is 283 g/mol. The van der Waals surface area contributed by atoms with Gasteiger partial charge in [-0.05, 0) is 23.8 Å². The average molecular weight is 283 g/mol. The van der Waals surface area contributed by atoms with Crippen LogP contribution in [0.5, 0.6) is 11.5 Å². The minimum Gasteiger partial charge on any atom is -0.504 e. The number of benzene rings is 1. The van der Waals surface area contributed by atoms with Gasteiger partial charge in [-0.15, -0.1) is 10.1 Å². The average Bonchev–Trinajstić information content (AvgIpc) is 2.39. The van der Waals surface area contributed by atoms with Crippen molar-refractivity contribution in [3.8, 4) is 11.5 Å². The van der Waals surface area contributed by atoms with Crippen molar-refractivity contribution in [2.24, 2.45) is 0 Å². The number of aromatic hydroxyl groups is 2. The summed E-state index contributed by atoms with van der Waals surface area (Å²) >= 11 is 0. The summed E-state index contributed by atoms with van der Waals surface area (Å²) in [5.41, 5.74) is 0.508. The molecular formula is C12H13NO7. The molecule has 0 aliphatic rings. The van der Waals surface area contributed by atoms with Crippen LogP contribution < -0.4 is 0 Å². The molecule has 0 aliphatic heterocycles. The maximum Gasteiger partial charge on any atom is 0.330 e. The van der Waals surface area contributed by atoms with Gasteiger partial charge in [-0.2, -0.15) is 0 Å². The molecule has 0 unspecified atom stereocenters. The molecule has 108 valence electrons. The van der Waals surface area contributed by atoms with Crippen molar-refractivity contribution in [1.82, 2.24) is 0 Å². The molecule has 0 heterocycles. The molecule has 0 saturated heterocycles. The van der Waals surface area contributed by atoms with E-state index in [9.17, 15) is 20.0 Å². The Morgan fingerprint density at radius 3 is 2.70 bits per heavy atom. The Hall–Kier alpha value is -2.77. The normalized spacial score (nSPS) is 10.4. The Morgan fingerprint density at radius 1 is 1.30 bits per heavy atom. The summed E-state index contributed by atoms with van der Waals surface area (Å²) in [5, 5.41) is 27.3. The molecule has 0 amide bonds. The first-order valence-corrected chi connectivity index (χ1v) is 5.63. The van der Waals surface area contributed by atoms with Gasteiger partial charge >= 0.3 is 5.97 Å². The van der Waals surface area contributed by atoms with E-state index in [1.54, 1.807) is 0 Å². The van der Waals surface area contributed by atoms with E-state index in [-0.39, 0.29) is 31.1 Å². The van der Waals surface area contributed by atoms with E-state index in [4.69, 9.17) is 9.84 Å². The zero-order valence-electron chi connectivity index (χ0n) is 10.4. The van der Waals surface area contributed by atoms with Gasteiger partial charge in [0, 0.05) is 12.5 Å². The molecule has 8 heteroatoms. The van der Waals surface area contributed by atoms with Crippen LogP contribution in [0.1, 0.15) is 12.0 Å². The first-order chi connectivity index (χ1) is 9.49. The van der Waals surface area contributed by atoms with Gasteiger partial charge in [0.05, 0.1) is 13.2 Å². The Bertz CT molecular complexity index is 513. The molecule has 1 aromatic carbocycles. The Labute approximate surface area is 114 Å². The topological polar surface area (TPSA) is 119 Å². The van der Waals surface area contributed by atoms with Crippen molar-refractivity contribution in [3.05, 3.63) is 40.0 Å². The minimum atomic E-state index is -0.918. The number of carbonyl (C=O) groups is 1. The second kappa shape index (κ2) is 7.62. The third-order valence-corrected chi connectivity index (χ3v) is 2.14. The molecule has 0 saturated carbocycles. The smallest absolute Gasteiger partial charge is 0.330 e. The zero-order valence-corrected chi connectivity index (χ0v) is 10.4. The number of hydrogen-bond acceptors (Lipinski definition) is 7. The Balaban J connectivity index is 2.32. The Kier molecular flexibility index (Phi) is 5.82. The lowest BCUT2D eigenvalue weighted by Gasteiger charge is -2.01. The van der Waals surface area contributed by atoms with Crippen LogP contribution in [0.3, 0.4) is 0 Å². The predicted octanol–water partition coefficient (Wildman–Crippen LogP) is 1.25. The fraction of sp³-hybridized carbons (Fsp3) is 0.250. The maximum absolute atomic E-state index is 11.3. The van der Waals surface area contributed by atoms with E-state index < -0.39 is 11.1 Å². The summed E-state index contributed by atoms with van der Waals surface area (Å²) in [7, 11) is 0. The lowest BCUT2D eigenvalue weighted by Crippen LogP contribution is -2.07. The molecule has 0 atom stereocenters. The van der Waals surface area contributed by atoms with Crippen molar-refractivity contribution < 1.29 is 29.7 Å². The van der Waals surface area contributed by atoms with Gasteiger partial charge in [-0.1, -0.05) is 6.07 Å². The standard InChI is InChI=1S/C12H13NO7/c14-10-4-2-9(8-11(10)15)3-5-12(16)19-6-1-7-20-13(17)18/h2-5,8,14-15H,1,6-7H2/b5-3+. The van der Waals surface area contributed by atoms with Gasteiger partial charge in [0.2, 0.25) is 0 Å². The predicted molar refractivity (Wildman–Crippen MR) is 67.3 cm³/mol. The number of ether oxygens (including phenoxy) is 1. The van der Waals surface area contributed by atoms with Gasteiger partial charge < -0.3 is 19.8 Å². The number of esters is 1. The van der Waals surface area contributed by atoms with Crippen LogP contribution in [0, 0.1) is 10.1 Å². The van der Waals surface area contributed by atoms with E-state index in [1.165, 1.54) is 24.3 Å². The highest BCUT2D eigenvalue weighted by molar-refractivity contribution is 5.87. The van der Waals surface area contributed by atoms with Crippen LogP contribution in [0.15, 0.2) is 24.3 Å². The second-order valence-corrected chi connectivity index (χ2v) is 3.66. The lowest BCUT2D eigenvalue weighted by atomic mass is 10.2. The van der Waals surface area contributed by atoms with E-state index in [1.807, 2.05) is 0 Å². The largest absolute Gasteiger partial charge is 0.504 e. The summed E-state index contributed by atoms with van der Waals surface area (Å²) in [6.07, 6.45) is 2.75. The molecule has 1 rings (SSSR count). The fourth-order valence-electron chi connectivity index (χ4n) is 1.23. The van der Waals surface area contributed by atoms with Crippen molar-refractivity contribution in [2.75, 3.05) is 13.2 Å². The molecule has 8 nitrogen and oxygen atoms in total. The Morgan fingerprint density at radius 2 is 2.05 bits per heavy atom. The lowest BCUT2D eigenvalue weighted by molar-refractivity contribution is -0.757. The molecule has 0 bridgehead atoms. The number of carbonyl (C=O) groups excluding carboxylic acids is 1. The first-order valence-electron chi connectivity index (χ1n) is 5.63. The molecule has 0 aliphatic carbocycles. The van der Waals surface area contributed by atoms with Crippen LogP contribution in [0.4, 0.5) is 0 Å². The molecule has 2 N–H and O–H groups in total. The summed E-state index contributed by atoms with van der Waals surface area (Å²) in [5.74, 6) is -1.17. The third-order valence-electron chi connectivity index (χ3n) is 2.14. The van der Waals surface area contributed by atoms with E-state index in [0.29, 0.717) is 5.56 Å². The minimum absolute atomic E-state index is 0.00214. The fourth-order valence-corrected chi connectivity index (χ4v) is 1.23. The summed E-state index contributed by atoms with van der Waals surface area (Å²) in [4.78, 5) is 25.1. The van der Waals surface area contributed by atoms with Gasteiger partial charge in [0.1, 0.15) is 0 Å². The van der Waals surface area contributed by atoms with Crippen LogP contribution in [-0.2, 0) is 14.4 Å². The van der Waals surface area contributed by atoms with Crippen molar-refractivity contribution in [1.29, 1.82) is 0 Å². The number of rotatable bonds is 7. The number of phenolic OH excluding ortho intramolecular Hbond substituents is 2. The zero-order chi connectivity index (χ0) is 15.0. The summed E-state index contributed by atoms with van der Waals surface area (Å²) in [6, 6.07) is 4.07. The molecule has 0 fully saturated rings. The summed E-state index contributed by atoms with van der Waals surface area (Å²) in [6.45, 7) is -0.145. The van der Waals surface area contributed by atoms with Crippen LogP contribution in [0.2, 0.25) is 0 Å². The SMILES string of the molecule is O=C(/C=C/c1ccc(O)c(O)c1)OCCCO[N+](=O)[O-]. The van der Waals surface area contributed by atoms with Crippen LogP contribution in [0.25, 0.3) is 6.08 Å². The highest BCUT2D eigenvalue weighted by Gasteiger charge is 2.01. The van der Waals surface area contributed by atoms with Crippen molar-refractivity contribution >= 4 is 12.0 Å². The molecular weight excluding hydrogens is 270 g/mol. The summed E-state index contributed by atoms with van der Waals surface area (Å²) < 4.78 is 4.76. The molecule has 0 radical (unpaired) electrons. The molecule has 20 heavy (non-hydrogen) atoms. The van der Waals surface area contributed by atoms with E-state index >= 15 is 0 Å². The highest BCUT2D eigenvalue weighted by atomic mass is 16.9. The maximum atomic E-state index is 11.3.